The van der Waals surface area contributed by atoms with Gasteiger partial charge in [0.25, 0.3) is 0 Å². The molecular formula is C53H88NO8P. The van der Waals surface area contributed by atoms with Crippen molar-refractivity contribution < 1.29 is 37.9 Å². The van der Waals surface area contributed by atoms with Crippen molar-refractivity contribution in [2.24, 2.45) is 0 Å². The number of carbonyl (C=O) groups is 2. The topological polar surface area (TPSA) is 131 Å². The summed E-state index contributed by atoms with van der Waals surface area (Å²) >= 11 is 0. The molecule has 10 heteroatoms. The van der Waals surface area contributed by atoms with E-state index in [9.17, 15) is 24.2 Å². The molecule has 63 heavy (non-hydrogen) atoms. The minimum absolute atomic E-state index is 0.0430. The zero-order chi connectivity index (χ0) is 46.0. The largest absolute Gasteiger partial charge is 0.472 e. The van der Waals surface area contributed by atoms with E-state index in [0.29, 0.717) is 12.8 Å². The molecule has 1 amide bonds. The molecule has 0 heterocycles. The van der Waals surface area contributed by atoms with Gasteiger partial charge in [-0.1, -0.05) is 181 Å². The van der Waals surface area contributed by atoms with Crippen LogP contribution < -0.4 is 5.32 Å². The molecule has 0 aliphatic rings. The predicted molar refractivity (Wildman–Crippen MR) is 265 cm³/mol. The van der Waals surface area contributed by atoms with Crippen LogP contribution >= 0.6 is 7.82 Å². The molecule has 3 N–H and O–H groups in total. The Morgan fingerprint density at radius 2 is 0.921 bits per heavy atom. The summed E-state index contributed by atoms with van der Waals surface area (Å²) in [6.45, 7) is 3.33. The molecule has 9 nitrogen and oxygen atoms in total. The molecule has 0 radical (unpaired) electrons. The van der Waals surface area contributed by atoms with Crippen molar-refractivity contribution in [2.75, 3.05) is 26.4 Å². The van der Waals surface area contributed by atoms with E-state index in [2.05, 4.69) is 129 Å². The zero-order valence-electron chi connectivity index (χ0n) is 39.5. The van der Waals surface area contributed by atoms with Gasteiger partial charge in [0.1, 0.15) is 12.7 Å². The van der Waals surface area contributed by atoms with E-state index in [1.165, 1.54) is 57.8 Å². The predicted octanol–water partition coefficient (Wildman–Crippen LogP) is 14.3. The Hall–Kier alpha value is -3.33. The van der Waals surface area contributed by atoms with Crippen molar-refractivity contribution in [1.82, 2.24) is 5.32 Å². The number of nitrogens with one attached hydrogen (secondary N) is 1. The van der Waals surface area contributed by atoms with Gasteiger partial charge in [-0.3, -0.25) is 18.6 Å². The van der Waals surface area contributed by atoms with Crippen LogP contribution in [0.15, 0.2) is 109 Å². The molecule has 0 aromatic carbocycles. The molecule has 0 rings (SSSR count). The second kappa shape index (κ2) is 48.1. The standard InChI is InChI=1S/C53H88NO8P/c1-3-5-7-9-11-13-15-17-19-21-23-24-25-26-28-29-31-33-35-37-39-41-43-45-52(56)54-47-48-61-63(58,59)62-50-51(55)49-60-53(57)46-44-42-40-38-36-34-32-30-27-22-20-18-16-14-12-10-8-6-4-2/h5,7,11-14,17-20,23-24,26,28,31,33,37,39,51,55H,3-4,6,8-10,15-16,21-22,25,27,29-30,32,34-36,38,40-50H2,1-2H3,(H,54,56)(H,58,59)/b7-5-,13-11-,14-12-,19-17-,20-18-,24-23-,28-26-,33-31-,39-37-. The molecule has 0 aromatic rings. The number of hydrogen-bond acceptors (Lipinski definition) is 7. The highest BCUT2D eigenvalue weighted by Crippen LogP contribution is 2.42. The molecular weight excluding hydrogens is 810 g/mol. The summed E-state index contributed by atoms with van der Waals surface area (Å²) in [5.41, 5.74) is 0. The number of unbranched alkanes of at least 4 members (excludes halogenated alkanes) is 13. The Morgan fingerprint density at radius 3 is 1.40 bits per heavy atom. The van der Waals surface area contributed by atoms with E-state index in [0.717, 1.165) is 89.9 Å². The first kappa shape index (κ1) is 59.7. The Morgan fingerprint density at radius 1 is 0.508 bits per heavy atom. The normalized spacial score (nSPS) is 14.2. The molecule has 0 fully saturated rings. The molecule has 0 bridgehead atoms. The van der Waals surface area contributed by atoms with Crippen LogP contribution in [0.1, 0.15) is 181 Å². The van der Waals surface area contributed by atoms with Crippen molar-refractivity contribution in [1.29, 1.82) is 0 Å². The van der Waals surface area contributed by atoms with Gasteiger partial charge in [-0.2, -0.15) is 0 Å². The van der Waals surface area contributed by atoms with E-state index in [4.69, 9.17) is 13.8 Å². The number of allylic oxidation sites excluding steroid dienone is 18. The highest BCUT2D eigenvalue weighted by atomic mass is 31.2. The Kier molecular flexibility index (Phi) is 45.6. The fourth-order valence-electron chi connectivity index (χ4n) is 6.05. The summed E-state index contributed by atoms with van der Waals surface area (Å²) in [6, 6.07) is 0. The third-order valence-corrected chi connectivity index (χ3v) is 10.7. The SMILES string of the molecule is CC/C=C\C/C=C\C/C=C\C/C=C\C/C=C\C/C=C\C/C=C\CCCC(=O)NCCOP(=O)(O)OCC(O)COC(=O)CCCCCCCCCCC/C=C\C/C=C\CCCCC. The maximum absolute atomic E-state index is 12.1. The molecule has 0 aliphatic heterocycles. The van der Waals surface area contributed by atoms with Crippen LogP contribution in [0, 0.1) is 0 Å². The van der Waals surface area contributed by atoms with Crippen LogP contribution in [-0.4, -0.2) is 54.3 Å². The number of phosphoric acid groups is 1. The van der Waals surface area contributed by atoms with Crippen LogP contribution in [-0.2, 0) is 27.9 Å². The van der Waals surface area contributed by atoms with E-state index in [-0.39, 0.29) is 32.1 Å². The van der Waals surface area contributed by atoms with Crippen LogP contribution in [0.4, 0.5) is 0 Å². The first-order chi connectivity index (χ1) is 30.8. The molecule has 2 atom stereocenters. The molecule has 0 aromatic heterocycles. The minimum Gasteiger partial charge on any atom is -0.463 e. The maximum Gasteiger partial charge on any atom is 0.472 e. The molecule has 358 valence electrons. The van der Waals surface area contributed by atoms with Gasteiger partial charge in [-0.15, -0.1) is 0 Å². The lowest BCUT2D eigenvalue weighted by atomic mass is 10.1. The number of esters is 1. The molecule has 0 saturated heterocycles. The van der Waals surface area contributed by atoms with Gasteiger partial charge in [0, 0.05) is 19.4 Å². The number of amides is 1. The van der Waals surface area contributed by atoms with Gasteiger partial charge in [0.2, 0.25) is 5.91 Å². The molecule has 0 saturated carbocycles. The second-order valence-corrected chi connectivity index (χ2v) is 17.1. The molecule has 0 spiro atoms. The van der Waals surface area contributed by atoms with Crippen LogP contribution in [0.25, 0.3) is 0 Å². The van der Waals surface area contributed by atoms with Crippen LogP contribution in [0.3, 0.4) is 0 Å². The van der Waals surface area contributed by atoms with Crippen molar-refractivity contribution in [3.63, 3.8) is 0 Å². The fourth-order valence-corrected chi connectivity index (χ4v) is 6.80. The van der Waals surface area contributed by atoms with Gasteiger partial charge in [-0.05, 0) is 96.3 Å². The van der Waals surface area contributed by atoms with E-state index >= 15 is 0 Å². The van der Waals surface area contributed by atoms with Gasteiger partial charge < -0.3 is 20.1 Å². The first-order valence-electron chi connectivity index (χ1n) is 24.4. The van der Waals surface area contributed by atoms with Gasteiger partial charge in [0.05, 0.1) is 13.2 Å². The lowest BCUT2D eigenvalue weighted by Gasteiger charge is -2.15. The number of ether oxygens (including phenoxy) is 1. The van der Waals surface area contributed by atoms with Crippen molar-refractivity contribution in [2.45, 2.75) is 187 Å². The van der Waals surface area contributed by atoms with E-state index in [1.54, 1.807) is 0 Å². The summed E-state index contributed by atoms with van der Waals surface area (Å²) in [4.78, 5) is 34.0. The number of hydrogen-bond donors (Lipinski definition) is 3. The summed E-state index contributed by atoms with van der Waals surface area (Å²) < 4.78 is 26.9. The molecule has 0 aliphatic carbocycles. The summed E-state index contributed by atoms with van der Waals surface area (Å²) in [7, 11) is -4.45. The third kappa shape index (κ3) is 49.5. The number of aliphatic hydroxyl groups excluding tert-OH is 1. The Balaban J connectivity index is 3.70. The summed E-state index contributed by atoms with van der Waals surface area (Å²) in [6.07, 6.45) is 64.5. The maximum atomic E-state index is 12.1. The lowest BCUT2D eigenvalue weighted by Crippen LogP contribution is -2.27. The van der Waals surface area contributed by atoms with Crippen molar-refractivity contribution >= 4 is 19.7 Å². The van der Waals surface area contributed by atoms with Crippen molar-refractivity contribution in [3.05, 3.63) is 109 Å². The lowest BCUT2D eigenvalue weighted by molar-refractivity contribution is -0.147. The smallest absolute Gasteiger partial charge is 0.463 e. The second-order valence-electron chi connectivity index (χ2n) is 15.7. The van der Waals surface area contributed by atoms with Crippen molar-refractivity contribution in [3.8, 4) is 0 Å². The average molecular weight is 898 g/mol. The number of phosphoric ester groups is 1. The first-order valence-corrected chi connectivity index (χ1v) is 25.9. The van der Waals surface area contributed by atoms with Gasteiger partial charge in [0.15, 0.2) is 0 Å². The summed E-state index contributed by atoms with van der Waals surface area (Å²) in [5, 5.41) is 12.7. The Labute approximate surface area is 384 Å². The monoisotopic (exact) mass is 898 g/mol. The number of rotatable bonds is 44. The van der Waals surface area contributed by atoms with E-state index in [1.807, 2.05) is 0 Å². The van der Waals surface area contributed by atoms with E-state index < -0.39 is 26.5 Å². The number of carbonyl (C=O) groups excluding carboxylic acids is 2. The third-order valence-electron chi connectivity index (χ3n) is 9.69. The fraction of sp³-hybridized carbons (Fsp3) is 0.623. The highest BCUT2D eigenvalue weighted by molar-refractivity contribution is 7.47. The zero-order valence-corrected chi connectivity index (χ0v) is 40.4. The minimum atomic E-state index is -4.45. The van der Waals surface area contributed by atoms with Gasteiger partial charge in [-0.25, -0.2) is 4.57 Å². The van der Waals surface area contributed by atoms with Crippen LogP contribution in [0.5, 0.6) is 0 Å². The Bertz CT molecular complexity index is 1390. The average Bonchev–Trinajstić information content (AvgIpc) is 3.27. The van der Waals surface area contributed by atoms with Crippen LogP contribution in [0.2, 0.25) is 0 Å². The quantitative estimate of drug-likeness (QED) is 0.0238. The summed E-state index contributed by atoms with van der Waals surface area (Å²) in [5.74, 6) is -0.589. The van der Waals surface area contributed by atoms with Gasteiger partial charge >= 0.3 is 13.8 Å². The number of aliphatic hydroxyl groups is 1. The highest BCUT2D eigenvalue weighted by Gasteiger charge is 2.23. The molecule has 2 unspecified atom stereocenters.